The van der Waals surface area contributed by atoms with Crippen LogP contribution in [0, 0.1) is 11.3 Å². The van der Waals surface area contributed by atoms with Crippen molar-refractivity contribution in [3.63, 3.8) is 0 Å². The summed E-state index contributed by atoms with van der Waals surface area (Å²) in [6.07, 6.45) is 5.33. The molecule has 2 aliphatic rings. The molecular weight excluding hydrogens is 336 g/mol. The van der Waals surface area contributed by atoms with Gasteiger partial charge in [0.05, 0.1) is 28.8 Å². The lowest BCUT2D eigenvalue weighted by molar-refractivity contribution is 0.173. The van der Waals surface area contributed by atoms with Gasteiger partial charge in [-0.05, 0) is 50.1 Å². The number of fused-ring (bicyclic) bond motifs is 1. The van der Waals surface area contributed by atoms with Gasteiger partial charge in [0, 0.05) is 24.8 Å². The molecule has 4 heterocycles. The number of hydrogen-bond acceptors (Lipinski definition) is 5. The third-order valence-corrected chi connectivity index (χ3v) is 5.87. The van der Waals surface area contributed by atoms with E-state index in [9.17, 15) is 0 Å². The fraction of sp³-hybridized carbons (Fsp3) is 0.381. The first-order valence-corrected chi connectivity index (χ1v) is 9.57. The van der Waals surface area contributed by atoms with Crippen LogP contribution in [0.1, 0.15) is 30.5 Å². The van der Waals surface area contributed by atoms with Crippen molar-refractivity contribution in [1.29, 1.82) is 5.26 Å². The second-order valence-corrected chi connectivity index (χ2v) is 7.62. The van der Waals surface area contributed by atoms with Crippen LogP contribution in [0.3, 0.4) is 0 Å². The number of para-hydroxylation sites is 2. The average Bonchev–Trinajstić information content (AvgIpc) is 3.06. The summed E-state index contributed by atoms with van der Waals surface area (Å²) in [6.45, 7) is 3.82. The van der Waals surface area contributed by atoms with Crippen LogP contribution in [0.2, 0.25) is 0 Å². The van der Waals surface area contributed by atoms with Crippen molar-refractivity contribution in [2.75, 3.05) is 24.5 Å². The fourth-order valence-corrected chi connectivity index (χ4v) is 4.34. The number of aromatic nitrogens is 3. The number of benzene rings is 1. The zero-order valence-electron chi connectivity index (χ0n) is 15.2. The smallest absolute Gasteiger partial charge is 0.206 e. The Morgan fingerprint density at radius 2 is 2.07 bits per heavy atom. The maximum Gasteiger partial charge on any atom is 0.206 e. The SMILES string of the molecule is N#Cc1ccc(Cn2c(N3CCC[C@]4(CCN4)C3)nc3ccccc32)nc1. The molecule has 0 amide bonds. The highest BCUT2D eigenvalue weighted by atomic mass is 15.3. The molecule has 5 rings (SSSR count). The molecule has 1 aromatic carbocycles. The van der Waals surface area contributed by atoms with Crippen molar-refractivity contribution in [3.8, 4) is 6.07 Å². The second-order valence-electron chi connectivity index (χ2n) is 7.62. The Bertz CT molecular complexity index is 1010. The van der Waals surface area contributed by atoms with Crippen molar-refractivity contribution < 1.29 is 0 Å². The number of nitrogens with one attached hydrogen (secondary N) is 1. The average molecular weight is 358 g/mol. The molecule has 2 fully saturated rings. The lowest BCUT2D eigenvalue weighted by atomic mass is 9.80. The van der Waals surface area contributed by atoms with Gasteiger partial charge in [0.15, 0.2) is 0 Å². The predicted molar refractivity (Wildman–Crippen MR) is 105 cm³/mol. The number of imidazole rings is 1. The van der Waals surface area contributed by atoms with E-state index in [1.807, 2.05) is 18.2 Å². The highest BCUT2D eigenvalue weighted by Crippen LogP contribution is 2.33. The Balaban J connectivity index is 1.53. The summed E-state index contributed by atoms with van der Waals surface area (Å²) in [5.74, 6) is 1.02. The van der Waals surface area contributed by atoms with Gasteiger partial charge in [0.25, 0.3) is 0 Å². The molecule has 0 radical (unpaired) electrons. The van der Waals surface area contributed by atoms with E-state index in [4.69, 9.17) is 10.2 Å². The Morgan fingerprint density at radius 3 is 2.81 bits per heavy atom. The topological polar surface area (TPSA) is 69.8 Å². The van der Waals surface area contributed by atoms with Crippen molar-refractivity contribution in [2.45, 2.75) is 31.3 Å². The van der Waals surface area contributed by atoms with Gasteiger partial charge in [0.1, 0.15) is 6.07 Å². The minimum absolute atomic E-state index is 0.272. The zero-order chi connectivity index (χ0) is 18.3. The molecule has 27 heavy (non-hydrogen) atoms. The molecule has 0 saturated carbocycles. The monoisotopic (exact) mass is 358 g/mol. The number of rotatable bonds is 3. The Labute approximate surface area is 158 Å². The summed E-state index contributed by atoms with van der Waals surface area (Å²) >= 11 is 0. The maximum absolute atomic E-state index is 9.00. The molecule has 1 spiro atoms. The number of nitriles is 1. The minimum atomic E-state index is 0.272. The molecule has 0 bridgehead atoms. The standard InChI is InChI=1S/C21H22N6/c22-12-16-6-7-17(23-13-16)14-27-19-5-2-1-4-18(19)25-20(27)26-11-3-8-21(15-26)9-10-24-21/h1-2,4-7,13,24H,3,8-11,14-15H2/t21-/m0/s1. The van der Waals surface area contributed by atoms with Gasteiger partial charge in [-0.25, -0.2) is 4.98 Å². The van der Waals surface area contributed by atoms with E-state index in [0.717, 1.165) is 42.3 Å². The highest BCUT2D eigenvalue weighted by Gasteiger charge is 2.41. The predicted octanol–water partition coefficient (Wildman–Crippen LogP) is 2.68. The third-order valence-electron chi connectivity index (χ3n) is 5.87. The number of piperidine rings is 1. The number of pyridine rings is 1. The summed E-state index contributed by atoms with van der Waals surface area (Å²) < 4.78 is 2.27. The highest BCUT2D eigenvalue weighted by molar-refractivity contribution is 5.79. The minimum Gasteiger partial charge on any atom is -0.340 e. The van der Waals surface area contributed by atoms with E-state index >= 15 is 0 Å². The van der Waals surface area contributed by atoms with Gasteiger partial charge < -0.3 is 14.8 Å². The Hall–Kier alpha value is -2.91. The first-order valence-electron chi connectivity index (χ1n) is 9.57. The first-order chi connectivity index (χ1) is 13.3. The van der Waals surface area contributed by atoms with E-state index in [-0.39, 0.29) is 5.54 Å². The summed E-state index contributed by atoms with van der Waals surface area (Å²) in [4.78, 5) is 11.9. The molecule has 0 unspecified atom stereocenters. The zero-order valence-corrected chi connectivity index (χ0v) is 15.2. The van der Waals surface area contributed by atoms with Crippen LogP contribution in [0.5, 0.6) is 0 Å². The molecule has 6 nitrogen and oxygen atoms in total. The molecule has 2 saturated heterocycles. The molecule has 1 N–H and O–H groups in total. The number of hydrogen-bond donors (Lipinski definition) is 1. The van der Waals surface area contributed by atoms with E-state index in [1.165, 1.54) is 19.3 Å². The van der Waals surface area contributed by atoms with Crippen molar-refractivity contribution in [3.05, 3.63) is 53.9 Å². The van der Waals surface area contributed by atoms with Gasteiger partial charge in [-0.1, -0.05) is 12.1 Å². The van der Waals surface area contributed by atoms with E-state index in [0.29, 0.717) is 12.1 Å². The molecule has 2 aromatic heterocycles. The van der Waals surface area contributed by atoms with Crippen LogP contribution in [0.25, 0.3) is 11.0 Å². The third kappa shape index (κ3) is 2.84. The molecule has 2 aliphatic heterocycles. The molecular formula is C21H22N6. The summed E-state index contributed by atoms with van der Waals surface area (Å²) in [7, 11) is 0. The summed E-state index contributed by atoms with van der Waals surface area (Å²) in [6, 6.07) is 14.2. The maximum atomic E-state index is 9.00. The Kier molecular flexibility index (Phi) is 3.83. The van der Waals surface area contributed by atoms with Gasteiger partial charge in [0.2, 0.25) is 5.95 Å². The van der Waals surface area contributed by atoms with E-state index in [1.54, 1.807) is 6.20 Å². The van der Waals surface area contributed by atoms with Gasteiger partial charge in [-0.3, -0.25) is 4.98 Å². The molecule has 136 valence electrons. The van der Waals surface area contributed by atoms with Crippen LogP contribution >= 0.6 is 0 Å². The lowest BCUT2D eigenvalue weighted by Gasteiger charge is -2.50. The molecule has 6 heteroatoms. The van der Waals surface area contributed by atoms with Crippen LogP contribution in [0.4, 0.5) is 5.95 Å². The lowest BCUT2D eigenvalue weighted by Crippen LogP contribution is -2.65. The number of anilines is 1. The van der Waals surface area contributed by atoms with Gasteiger partial charge in [-0.2, -0.15) is 5.26 Å². The van der Waals surface area contributed by atoms with Crippen molar-refractivity contribution in [2.24, 2.45) is 0 Å². The second kappa shape index (κ2) is 6.36. The molecule has 1 atom stereocenters. The van der Waals surface area contributed by atoms with Gasteiger partial charge in [-0.15, -0.1) is 0 Å². The normalized spacial score (nSPS) is 22.0. The summed E-state index contributed by atoms with van der Waals surface area (Å²) in [5.41, 5.74) is 3.94. The van der Waals surface area contributed by atoms with Crippen LogP contribution in [-0.2, 0) is 6.54 Å². The Morgan fingerprint density at radius 1 is 1.19 bits per heavy atom. The van der Waals surface area contributed by atoms with Crippen LogP contribution in [0.15, 0.2) is 42.6 Å². The molecule has 3 aromatic rings. The largest absolute Gasteiger partial charge is 0.340 e. The fourth-order valence-electron chi connectivity index (χ4n) is 4.34. The van der Waals surface area contributed by atoms with Crippen LogP contribution in [-0.4, -0.2) is 39.7 Å². The van der Waals surface area contributed by atoms with Gasteiger partial charge >= 0.3 is 0 Å². The van der Waals surface area contributed by atoms with Crippen molar-refractivity contribution in [1.82, 2.24) is 19.9 Å². The number of nitrogens with zero attached hydrogens (tertiary/aromatic N) is 5. The first kappa shape index (κ1) is 16.3. The quantitative estimate of drug-likeness (QED) is 0.779. The van der Waals surface area contributed by atoms with E-state index < -0.39 is 0 Å². The van der Waals surface area contributed by atoms with Crippen LogP contribution < -0.4 is 10.2 Å². The van der Waals surface area contributed by atoms with Crippen molar-refractivity contribution >= 4 is 17.0 Å². The summed E-state index contributed by atoms with van der Waals surface area (Å²) in [5, 5.41) is 12.7. The van der Waals surface area contributed by atoms with E-state index in [2.05, 4.69) is 44.0 Å². The molecule has 0 aliphatic carbocycles.